The highest BCUT2D eigenvalue weighted by Gasteiger charge is 2.13. The number of hydrogen-bond acceptors (Lipinski definition) is 2. The minimum Gasteiger partial charge on any atom is -0.324 e. The Balaban J connectivity index is 2.93. The lowest BCUT2D eigenvalue weighted by molar-refractivity contribution is -0.117. The van der Waals surface area contributed by atoms with E-state index in [1.807, 2.05) is 32.9 Å². The summed E-state index contributed by atoms with van der Waals surface area (Å²) < 4.78 is 1.03. The van der Waals surface area contributed by atoms with Crippen molar-refractivity contribution in [2.45, 2.75) is 26.8 Å². The fourth-order valence-electron chi connectivity index (χ4n) is 1.47. The van der Waals surface area contributed by atoms with E-state index in [9.17, 15) is 4.79 Å². The van der Waals surface area contributed by atoms with Crippen molar-refractivity contribution in [3.8, 4) is 0 Å². The molecule has 0 aromatic heterocycles. The normalized spacial score (nSPS) is 12.3. The standard InChI is InChI=1S/C12H17BrN2O/c1-7-5-10(13)6-8(2)11(7)15-12(16)9(3)14-4/h5-6,9,14H,1-4H3,(H,15,16). The fraction of sp³-hybridized carbons (Fsp3) is 0.417. The van der Waals surface area contributed by atoms with Gasteiger partial charge in [0.05, 0.1) is 6.04 Å². The van der Waals surface area contributed by atoms with E-state index in [0.29, 0.717) is 0 Å². The first kappa shape index (κ1) is 13.2. The molecule has 1 atom stereocenters. The first-order chi connectivity index (χ1) is 7.45. The monoisotopic (exact) mass is 284 g/mol. The summed E-state index contributed by atoms with van der Waals surface area (Å²) in [5.41, 5.74) is 3.02. The van der Waals surface area contributed by atoms with Gasteiger partial charge in [0.25, 0.3) is 0 Å². The van der Waals surface area contributed by atoms with Gasteiger partial charge >= 0.3 is 0 Å². The van der Waals surface area contributed by atoms with E-state index in [4.69, 9.17) is 0 Å². The van der Waals surface area contributed by atoms with E-state index in [-0.39, 0.29) is 11.9 Å². The minimum absolute atomic E-state index is 0.0176. The summed E-state index contributed by atoms with van der Waals surface area (Å²) in [4.78, 5) is 11.7. The Kier molecular flexibility index (Phi) is 4.50. The molecule has 2 N–H and O–H groups in total. The Labute approximate surface area is 105 Å². The average molecular weight is 285 g/mol. The number of halogens is 1. The van der Waals surface area contributed by atoms with Crippen LogP contribution in [0.3, 0.4) is 0 Å². The molecular formula is C12H17BrN2O. The van der Waals surface area contributed by atoms with Crippen molar-refractivity contribution in [3.63, 3.8) is 0 Å². The number of rotatable bonds is 3. The van der Waals surface area contributed by atoms with E-state index in [2.05, 4.69) is 26.6 Å². The molecule has 0 saturated heterocycles. The Morgan fingerprint density at radius 2 is 1.81 bits per heavy atom. The van der Waals surface area contributed by atoms with Gasteiger partial charge in [0.1, 0.15) is 0 Å². The van der Waals surface area contributed by atoms with E-state index >= 15 is 0 Å². The number of carbonyl (C=O) groups excluding carboxylic acids is 1. The van der Waals surface area contributed by atoms with Gasteiger partial charge in [0.2, 0.25) is 5.91 Å². The van der Waals surface area contributed by atoms with Crippen LogP contribution in [-0.2, 0) is 4.79 Å². The highest BCUT2D eigenvalue weighted by molar-refractivity contribution is 9.10. The lowest BCUT2D eigenvalue weighted by Gasteiger charge is -2.15. The van der Waals surface area contributed by atoms with Crippen LogP contribution in [0.1, 0.15) is 18.1 Å². The van der Waals surface area contributed by atoms with Gasteiger partial charge in [-0.15, -0.1) is 0 Å². The van der Waals surface area contributed by atoms with Gasteiger partial charge in [-0.25, -0.2) is 0 Å². The molecule has 0 aliphatic heterocycles. The van der Waals surface area contributed by atoms with Gasteiger partial charge in [0.15, 0.2) is 0 Å². The number of aryl methyl sites for hydroxylation is 2. The first-order valence-electron chi connectivity index (χ1n) is 5.20. The van der Waals surface area contributed by atoms with Crippen molar-refractivity contribution in [2.24, 2.45) is 0 Å². The van der Waals surface area contributed by atoms with Crippen LogP contribution < -0.4 is 10.6 Å². The molecule has 88 valence electrons. The molecule has 0 fully saturated rings. The SMILES string of the molecule is CNC(C)C(=O)Nc1c(C)cc(Br)cc1C. The number of benzene rings is 1. The highest BCUT2D eigenvalue weighted by atomic mass is 79.9. The number of likely N-dealkylation sites (N-methyl/N-ethyl adjacent to an activating group) is 1. The Morgan fingerprint density at radius 3 is 2.25 bits per heavy atom. The minimum atomic E-state index is -0.192. The van der Waals surface area contributed by atoms with Gasteiger partial charge in [-0.1, -0.05) is 15.9 Å². The zero-order valence-corrected chi connectivity index (χ0v) is 11.6. The van der Waals surface area contributed by atoms with E-state index in [1.165, 1.54) is 0 Å². The Morgan fingerprint density at radius 1 is 1.31 bits per heavy atom. The molecule has 0 bridgehead atoms. The van der Waals surface area contributed by atoms with Crippen molar-refractivity contribution < 1.29 is 4.79 Å². The van der Waals surface area contributed by atoms with Crippen molar-refractivity contribution >= 4 is 27.5 Å². The predicted molar refractivity (Wildman–Crippen MR) is 70.8 cm³/mol. The molecule has 1 aromatic carbocycles. The molecule has 1 unspecified atom stereocenters. The Hall–Kier alpha value is -0.870. The van der Waals surface area contributed by atoms with E-state index in [0.717, 1.165) is 21.3 Å². The molecule has 0 radical (unpaired) electrons. The van der Waals surface area contributed by atoms with Gasteiger partial charge in [-0.05, 0) is 51.1 Å². The zero-order chi connectivity index (χ0) is 12.3. The third-order valence-electron chi connectivity index (χ3n) is 2.57. The molecule has 3 nitrogen and oxygen atoms in total. The van der Waals surface area contributed by atoms with Gasteiger partial charge in [-0.2, -0.15) is 0 Å². The van der Waals surface area contributed by atoms with Gasteiger partial charge < -0.3 is 10.6 Å². The summed E-state index contributed by atoms with van der Waals surface area (Å²) in [6.07, 6.45) is 0. The molecule has 0 heterocycles. The van der Waals surface area contributed by atoms with Crippen molar-refractivity contribution in [2.75, 3.05) is 12.4 Å². The third kappa shape index (κ3) is 3.06. The Bertz CT molecular complexity index is 381. The highest BCUT2D eigenvalue weighted by Crippen LogP contribution is 2.25. The topological polar surface area (TPSA) is 41.1 Å². The number of amides is 1. The van der Waals surface area contributed by atoms with Gasteiger partial charge in [-0.3, -0.25) is 4.79 Å². The van der Waals surface area contributed by atoms with Crippen LogP contribution in [0.2, 0.25) is 0 Å². The van der Waals surface area contributed by atoms with Crippen LogP contribution in [-0.4, -0.2) is 19.0 Å². The second-order valence-corrected chi connectivity index (χ2v) is 4.83. The van der Waals surface area contributed by atoms with Crippen LogP contribution in [0.15, 0.2) is 16.6 Å². The number of anilines is 1. The summed E-state index contributed by atoms with van der Waals surface area (Å²) in [5, 5.41) is 5.85. The maximum Gasteiger partial charge on any atom is 0.241 e. The van der Waals surface area contributed by atoms with Crippen LogP contribution in [0.5, 0.6) is 0 Å². The molecule has 0 aliphatic rings. The van der Waals surface area contributed by atoms with Gasteiger partial charge in [0, 0.05) is 10.2 Å². The summed E-state index contributed by atoms with van der Waals surface area (Å²) in [6, 6.07) is 3.79. The van der Waals surface area contributed by atoms with Crippen molar-refractivity contribution in [1.29, 1.82) is 0 Å². The van der Waals surface area contributed by atoms with Crippen molar-refractivity contribution in [1.82, 2.24) is 5.32 Å². The molecule has 0 spiro atoms. The van der Waals surface area contributed by atoms with Crippen LogP contribution >= 0.6 is 15.9 Å². The summed E-state index contributed by atoms with van der Waals surface area (Å²) >= 11 is 3.43. The number of hydrogen-bond donors (Lipinski definition) is 2. The quantitative estimate of drug-likeness (QED) is 0.896. The average Bonchev–Trinajstić information content (AvgIpc) is 2.21. The third-order valence-corrected chi connectivity index (χ3v) is 3.03. The molecular weight excluding hydrogens is 268 g/mol. The largest absolute Gasteiger partial charge is 0.324 e. The summed E-state index contributed by atoms with van der Waals surface area (Å²) in [7, 11) is 1.77. The second-order valence-electron chi connectivity index (χ2n) is 3.91. The number of nitrogens with one attached hydrogen (secondary N) is 2. The maximum absolute atomic E-state index is 11.7. The second kappa shape index (κ2) is 5.46. The molecule has 16 heavy (non-hydrogen) atoms. The van der Waals surface area contributed by atoms with Crippen molar-refractivity contribution in [3.05, 3.63) is 27.7 Å². The van der Waals surface area contributed by atoms with E-state index < -0.39 is 0 Å². The smallest absolute Gasteiger partial charge is 0.241 e. The first-order valence-corrected chi connectivity index (χ1v) is 6.00. The maximum atomic E-state index is 11.7. The van der Waals surface area contributed by atoms with Crippen LogP contribution in [0.4, 0.5) is 5.69 Å². The molecule has 0 aliphatic carbocycles. The van der Waals surface area contributed by atoms with E-state index in [1.54, 1.807) is 7.05 Å². The molecule has 4 heteroatoms. The summed E-state index contributed by atoms with van der Waals surface area (Å²) in [6.45, 7) is 5.80. The van der Waals surface area contributed by atoms with Crippen LogP contribution in [0, 0.1) is 13.8 Å². The lowest BCUT2D eigenvalue weighted by atomic mass is 10.1. The molecule has 0 saturated carbocycles. The fourth-order valence-corrected chi connectivity index (χ4v) is 2.16. The summed E-state index contributed by atoms with van der Waals surface area (Å²) in [5.74, 6) is -0.0176. The molecule has 1 aromatic rings. The zero-order valence-electron chi connectivity index (χ0n) is 10.0. The molecule has 1 amide bonds. The van der Waals surface area contributed by atoms with Crippen LogP contribution in [0.25, 0.3) is 0 Å². The lowest BCUT2D eigenvalue weighted by Crippen LogP contribution is -2.35. The predicted octanol–water partition coefficient (Wildman–Crippen LogP) is 2.61. The number of carbonyl (C=O) groups is 1. The molecule has 1 rings (SSSR count).